The molecule has 1 aromatic carbocycles. The predicted molar refractivity (Wildman–Crippen MR) is 89.9 cm³/mol. The van der Waals surface area contributed by atoms with Crippen molar-refractivity contribution in [2.24, 2.45) is 4.99 Å². The van der Waals surface area contributed by atoms with Crippen molar-refractivity contribution in [3.8, 4) is 5.75 Å². The predicted octanol–water partition coefficient (Wildman–Crippen LogP) is 2.82. The lowest BCUT2D eigenvalue weighted by molar-refractivity contribution is -0.138. The molecule has 1 unspecified atom stereocenters. The number of nitrogens with one attached hydrogen (secondary N) is 2. The molecule has 140 valence electrons. The number of aliphatic imine (C=N–C) groups is 1. The number of guanidine groups is 1. The Balaban J connectivity index is 1.76. The highest BCUT2D eigenvalue weighted by Crippen LogP contribution is 2.35. The second kappa shape index (κ2) is 8.42. The van der Waals surface area contributed by atoms with Gasteiger partial charge in [-0.05, 0) is 31.9 Å². The quantitative estimate of drug-likeness (QED) is 0.466. The van der Waals surface area contributed by atoms with Crippen LogP contribution in [0.1, 0.15) is 25.3 Å². The maximum atomic E-state index is 12.9. The van der Waals surface area contributed by atoms with Crippen LogP contribution in [0.2, 0.25) is 0 Å². The van der Waals surface area contributed by atoms with Gasteiger partial charge in [0.25, 0.3) is 0 Å². The van der Waals surface area contributed by atoms with Gasteiger partial charge >= 0.3 is 6.18 Å². The van der Waals surface area contributed by atoms with E-state index < -0.39 is 11.7 Å². The van der Waals surface area contributed by atoms with Crippen molar-refractivity contribution < 1.29 is 22.6 Å². The Kier molecular flexibility index (Phi) is 6.52. The minimum absolute atomic E-state index is 0.0849. The van der Waals surface area contributed by atoms with Crippen molar-refractivity contribution in [2.75, 3.05) is 33.4 Å². The Hall–Kier alpha value is -1.96. The van der Waals surface area contributed by atoms with Crippen molar-refractivity contribution in [3.05, 3.63) is 29.8 Å². The number of ether oxygens (including phenoxy) is 2. The fourth-order valence-electron chi connectivity index (χ4n) is 2.62. The minimum atomic E-state index is -4.43. The summed E-state index contributed by atoms with van der Waals surface area (Å²) in [6, 6.07) is 5.17. The maximum absolute atomic E-state index is 12.9. The zero-order valence-corrected chi connectivity index (χ0v) is 14.4. The second-order valence-corrected chi connectivity index (χ2v) is 6.10. The topological polar surface area (TPSA) is 54.9 Å². The molecule has 1 heterocycles. The number of benzene rings is 1. The number of alkyl halides is 3. The van der Waals surface area contributed by atoms with E-state index in [4.69, 9.17) is 9.47 Å². The van der Waals surface area contributed by atoms with E-state index in [-0.39, 0.29) is 18.0 Å². The van der Waals surface area contributed by atoms with Gasteiger partial charge in [-0.15, -0.1) is 0 Å². The van der Waals surface area contributed by atoms with Gasteiger partial charge in [0.05, 0.1) is 17.7 Å². The Morgan fingerprint density at radius 2 is 2.08 bits per heavy atom. The van der Waals surface area contributed by atoms with Crippen LogP contribution in [0.4, 0.5) is 13.2 Å². The van der Waals surface area contributed by atoms with E-state index in [1.165, 1.54) is 18.2 Å². The molecular formula is C17H24F3N3O2. The molecule has 2 N–H and O–H groups in total. The van der Waals surface area contributed by atoms with E-state index in [2.05, 4.69) is 15.6 Å². The zero-order valence-electron chi connectivity index (χ0n) is 14.4. The number of nitrogens with zero attached hydrogens (tertiary/aromatic N) is 1. The van der Waals surface area contributed by atoms with Gasteiger partial charge in [0.1, 0.15) is 12.4 Å². The smallest absolute Gasteiger partial charge is 0.419 e. The summed E-state index contributed by atoms with van der Waals surface area (Å²) in [6.07, 6.45) is -2.41. The molecule has 1 aromatic rings. The normalized spacial score (nSPS) is 21.2. The van der Waals surface area contributed by atoms with E-state index in [9.17, 15) is 13.2 Å². The summed E-state index contributed by atoms with van der Waals surface area (Å²) < 4.78 is 49.6. The van der Waals surface area contributed by atoms with E-state index in [1.54, 1.807) is 7.05 Å². The van der Waals surface area contributed by atoms with E-state index in [0.29, 0.717) is 19.0 Å². The van der Waals surface area contributed by atoms with Crippen molar-refractivity contribution in [1.82, 2.24) is 10.6 Å². The first kappa shape index (κ1) is 19.4. The molecule has 0 bridgehead atoms. The first-order valence-electron chi connectivity index (χ1n) is 8.21. The Bertz CT molecular complexity index is 585. The Morgan fingerprint density at radius 3 is 2.72 bits per heavy atom. The van der Waals surface area contributed by atoms with Crippen molar-refractivity contribution in [2.45, 2.75) is 31.5 Å². The van der Waals surface area contributed by atoms with Gasteiger partial charge in [-0.2, -0.15) is 13.2 Å². The number of halogens is 3. The fourth-order valence-corrected chi connectivity index (χ4v) is 2.62. The van der Waals surface area contributed by atoms with Crippen molar-refractivity contribution in [3.63, 3.8) is 0 Å². The molecule has 1 aliphatic heterocycles. The average molecular weight is 359 g/mol. The summed E-state index contributed by atoms with van der Waals surface area (Å²) >= 11 is 0. The molecule has 1 aliphatic rings. The summed E-state index contributed by atoms with van der Waals surface area (Å²) in [7, 11) is 1.63. The highest BCUT2D eigenvalue weighted by atomic mass is 19.4. The summed E-state index contributed by atoms with van der Waals surface area (Å²) in [5, 5.41) is 6.18. The third-order valence-electron chi connectivity index (χ3n) is 4.00. The molecule has 0 aromatic heterocycles. The van der Waals surface area contributed by atoms with Gasteiger partial charge < -0.3 is 20.1 Å². The zero-order chi connectivity index (χ0) is 18.3. The van der Waals surface area contributed by atoms with Crippen LogP contribution in [-0.4, -0.2) is 44.9 Å². The first-order valence-corrected chi connectivity index (χ1v) is 8.21. The molecule has 1 saturated heterocycles. The highest BCUT2D eigenvalue weighted by molar-refractivity contribution is 5.79. The lowest BCUT2D eigenvalue weighted by Gasteiger charge is -2.24. The lowest BCUT2D eigenvalue weighted by atomic mass is 10.0. The monoisotopic (exact) mass is 359 g/mol. The summed E-state index contributed by atoms with van der Waals surface area (Å²) in [5.74, 6) is 0.385. The molecule has 8 heteroatoms. The van der Waals surface area contributed by atoms with Gasteiger partial charge in [-0.25, -0.2) is 0 Å². The van der Waals surface area contributed by atoms with Crippen LogP contribution in [0.5, 0.6) is 5.75 Å². The Labute approximate surface area is 145 Å². The molecule has 2 rings (SSSR count). The van der Waals surface area contributed by atoms with Crippen LogP contribution in [-0.2, 0) is 10.9 Å². The summed E-state index contributed by atoms with van der Waals surface area (Å²) in [5.41, 5.74) is -0.983. The van der Waals surface area contributed by atoms with Crippen LogP contribution in [0.25, 0.3) is 0 Å². The average Bonchev–Trinajstić information content (AvgIpc) is 3.00. The lowest BCUT2D eigenvalue weighted by Crippen LogP contribution is -2.46. The van der Waals surface area contributed by atoms with E-state index in [1.807, 2.05) is 6.92 Å². The molecule has 1 fully saturated rings. The number of rotatable bonds is 6. The highest BCUT2D eigenvalue weighted by Gasteiger charge is 2.34. The Morgan fingerprint density at radius 1 is 1.32 bits per heavy atom. The molecule has 25 heavy (non-hydrogen) atoms. The van der Waals surface area contributed by atoms with E-state index in [0.717, 1.165) is 25.5 Å². The van der Waals surface area contributed by atoms with Gasteiger partial charge in [-0.3, -0.25) is 4.99 Å². The molecule has 0 spiro atoms. The molecule has 0 amide bonds. The van der Waals surface area contributed by atoms with Crippen LogP contribution in [0.15, 0.2) is 29.3 Å². The number of hydrogen-bond acceptors (Lipinski definition) is 3. The van der Waals surface area contributed by atoms with Crippen LogP contribution >= 0.6 is 0 Å². The minimum Gasteiger partial charge on any atom is -0.491 e. The van der Waals surface area contributed by atoms with Crippen molar-refractivity contribution in [1.29, 1.82) is 0 Å². The molecule has 5 nitrogen and oxygen atoms in total. The van der Waals surface area contributed by atoms with E-state index >= 15 is 0 Å². The SMILES string of the molecule is CN=C(NCCOc1ccccc1C(F)(F)F)NCC1(C)CCCO1. The van der Waals surface area contributed by atoms with Crippen LogP contribution < -0.4 is 15.4 Å². The van der Waals surface area contributed by atoms with Gasteiger partial charge in [0, 0.05) is 20.2 Å². The number of hydrogen-bond donors (Lipinski definition) is 2. The fraction of sp³-hybridized carbons (Fsp3) is 0.588. The van der Waals surface area contributed by atoms with Crippen LogP contribution in [0, 0.1) is 0 Å². The second-order valence-electron chi connectivity index (χ2n) is 6.10. The molecule has 0 radical (unpaired) electrons. The maximum Gasteiger partial charge on any atom is 0.419 e. The largest absolute Gasteiger partial charge is 0.491 e. The molecule has 0 saturated carbocycles. The first-order chi connectivity index (χ1) is 11.8. The van der Waals surface area contributed by atoms with Gasteiger partial charge in [-0.1, -0.05) is 12.1 Å². The third kappa shape index (κ3) is 5.81. The van der Waals surface area contributed by atoms with Gasteiger partial charge in [0.15, 0.2) is 5.96 Å². The summed E-state index contributed by atoms with van der Waals surface area (Å²) in [4.78, 5) is 4.08. The summed E-state index contributed by atoms with van der Waals surface area (Å²) in [6.45, 7) is 3.82. The van der Waals surface area contributed by atoms with Crippen molar-refractivity contribution >= 4 is 5.96 Å². The van der Waals surface area contributed by atoms with Crippen LogP contribution in [0.3, 0.4) is 0 Å². The molecule has 1 atom stereocenters. The van der Waals surface area contributed by atoms with Gasteiger partial charge in [0.2, 0.25) is 0 Å². The third-order valence-corrected chi connectivity index (χ3v) is 4.00. The molecular weight excluding hydrogens is 335 g/mol. The number of para-hydroxylation sites is 1. The standard InChI is InChI=1S/C17H24F3N3O2/c1-16(8-5-10-25-16)12-23-15(21-2)22-9-11-24-14-7-4-3-6-13(14)17(18,19)20/h3-4,6-7H,5,8-12H2,1-2H3,(H2,21,22,23). The molecule has 0 aliphatic carbocycles.